The van der Waals surface area contributed by atoms with Crippen molar-refractivity contribution in [2.45, 2.75) is 43.3 Å². The predicted octanol–water partition coefficient (Wildman–Crippen LogP) is 4.51. The standard InChI is InChI=1S/C26H25F2NO6S/c1-16-4-3-5-20(12-16)36(33,34)29-15-19(10-11-26(2,32)25(30)31)35-24-9-6-17(13-23(24)29)21-14-18(27)7-8-22(21)28/h3-9,12-14,19,32H,10-11,15H2,1-2H3,(H,30,31)/t19-,26+/m0/s1. The van der Waals surface area contributed by atoms with Crippen molar-refractivity contribution in [1.82, 2.24) is 0 Å². The number of rotatable bonds is 7. The lowest BCUT2D eigenvalue weighted by Gasteiger charge is -2.36. The van der Waals surface area contributed by atoms with Crippen LogP contribution in [-0.4, -0.2) is 42.8 Å². The number of hydrogen-bond donors (Lipinski definition) is 2. The van der Waals surface area contributed by atoms with Gasteiger partial charge in [-0.2, -0.15) is 0 Å². The lowest BCUT2D eigenvalue weighted by molar-refractivity contribution is -0.157. The minimum Gasteiger partial charge on any atom is -0.486 e. The number of aryl methyl sites for hydroxylation is 1. The normalized spacial score (nSPS) is 17.1. The molecule has 0 aliphatic carbocycles. The van der Waals surface area contributed by atoms with Crippen molar-refractivity contribution in [1.29, 1.82) is 0 Å². The quantitative estimate of drug-likeness (QED) is 0.478. The second-order valence-corrected chi connectivity index (χ2v) is 10.9. The van der Waals surface area contributed by atoms with E-state index < -0.39 is 39.3 Å². The summed E-state index contributed by atoms with van der Waals surface area (Å²) in [5, 5.41) is 19.3. The van der Waals surface area contributed by atoms with Crippen molar-refractivity contribution in [2.75, 3.05) is 10.8 Å². The van der Waals surface area contributed by atoms with Gasteiger partial charge in [0.15, 0.2) is 5.60 Å². The third kappa shape index (κ3) is 5.05. The number of aliphatic carboxylic acids is 1. The first kappa shape index (κ1) is 25.6. The monoisotopic (exact) mass is 517 g/mol. The predicted molar refractivity (Wildman–Crippen MR) is 129 cm³/mol. The third-order valence-electron chi connectivity index (χ3n) is 6.12. The van der Waals surface area contributed by atoms with Crippen LogP contribution in [0.2, 0.25) is 0 Å². The van der Waals surface area contributed by atoms with Crippen LogP contribution in [0.1, 0.15) is 25.3 Å². The smallest absolute Gasteiger partial charge is 0.335 e. The highest BCUT2D eigenvalue weighted by atomic mass is 32.2. The molecule has 0 spiro atoms. The number of anilines is 1. The number of fused-ring (bicyclic) bond motifs is 1. The van der Waals surface area contributed by atoms with E-state index in [-0.39, 0.29) is 46.8 Å². The molecule has 0 unspecified atom stereocenters. The molecule has 0 saturated carbocycles. The average Bonchev–Trinajstić information content (AvgIpc) is 2.83. The molecule has 7 nitrogen and oxygen atoms in total. The van der Waals surface area contributed by atoms with Crippen molar-refractivity contribution in [2.24, 2.45) is 0 Å². The van der Waals surface area contributed by atoms with Gasteiger partial charge in [-0.3, -0.25) is 4.31 Å². The molecule has 190 valence electrons. The SMILES string of the molecule is Cc1cccc(S(=O)(=O)N2C[C@H](CC[C@@](C)(O)C(=O)O)Oc3ccc(-c4cc(F)ccc4F)cc32)c1. The van der Waals surface area contributed by atoms with E-state index in [1.165, 1.54) is 30.3 Å². The van der Waals surface area contributed by atoms with Gasteiger partial charge in [0.25, 0.3) is 10.0 Å². The Labute approximate surface area is 207 Å². The van der Waals surface area contributed by atoms with Crippen LogP contribution in [-0.2, 0) is 14.8 Å². The molecule has 0 radical (unpaired) electrons. The maximum Gasteiger partial charge on any atom is 0.335 e. The largest absolute Gasteiger partial charge is 0.486 e. The van der Waals surface area contributed by atoms with Gasteiger partial charge in [-0.25, -0.2) is 22.0 Å². The molecule has 1 heterocycles. The molecule has 0 fully saturated rings. The van der Waals surface area contributed by atoms with Gasteiger partial charge in [0.1, 0.15) is 23.5 Å². The second-order valence-electron chi connectivity index (χ2n) is 9.02. The van der Waals surface area contributed by atoms with Crippen molar-refractivity contribution >= 4 is 21.7 Å². The first-order valence-corrected chi connectivity index (χ1v) is 12.6. The Balaban J connectivity index is 1.79. The molecule has 1 aliphatic rings. The first-order valence-electron chi connectivity index (χ1n) is 11.2. The number of aliphatic hydroxyl groups is 1. The summed E-state index contributed by atoms with van der Waals surface area (Å²) in [6, 6.07) is 13.7. The summed E-state index contributed by atoms with van der Waals surface area (Å²) in [6.07, 6.45) is -0.883. The fourth-order valence-corrected chi connectivity index (χ4v) is 5.63. The fraction of sp³-hybridized carbons (Fsp3) is 0.269. The molecular weight excluding hydrogens is 492 g/mol. The summed E-state index contributed by atoms with van der Waals surface area (Å²) in [5.74, 6) is -2.53. The van der Waals surface area contributed by atoms with Crippen LogP contribution >= 0.6 is 0 Å². The molecule has 2 atom stereocenters. The number of carboxylic acid groups (broad SMARTS) is 1. The summed E-state index contributed by atoms with van der Waals surface area (Å²) in [6.45, 7) is 2.75. The number of carbonyl (C=O) groups is 1. The Bertz CT molecular complexity index is 1420. The van der Waals surface area contributed by atoms with Crippen molar-refractivity contribution in [3.63, 3.8) is 0 Å². The van der Waals surface area contributed by atoms with E-state index in [0.29, 0.717) is 0 Å². The molecule has 1 aliphatic heterocycles. The number of carboxylic acids is 1. The highest BCUT2D eigenvalue weighted by Gasteiger charge is 2.37. The Kier molecular flexibility index (Phi) is 6.76. The molecule has 0 amide bonds. The first-order chi connectivity index (χ1) is 16.9. The Morgan fingerprint density at radius 1 is 1.14 bits per heavy atom. The summed E-state index contributed by atoms with van der Waals surface area (Å²) in [4.78, 5) is 11.3. The molecule has 3 aromatic carbocycles. The molecule has 36 heavy (non-hydrogen) atoms. The van der Waals surface area contributed by atoms with E-state index in [9.17, 15) is 32.2 Å². The summed E-state index contributed by atoms with van der Waals surface area (Å²) < 4.78 is 62.8. The van der Waals surface area contributed by atoms with Crippen LogP contribution in [0.4, 0.5) is 14.5 Å². The van der Waals surface area contributed by atoms with Gasteiger partial charge in [-0.05, 0) is 80.3 Å². The van der Waals surface area contributed by atoms with E-state index in [0.717, 1.165) is 35.0 Å². The van der Waals surface area contributed by atoms with Gasteiger partial charge in [0.2, 0.25) is 0 Å². The molecule has 0 aromatic heterocycles. The van der Waals surface area contributed by atoms with Crippen molar-refractivity contribution < 1.29 is 36.9 Å². The van der Waals surface area contributed by atoms with E-state index in [1.54, 1.807) is 19.1 Å². The molecule has 10 heteroatoms. The van der Waals surface area contributed by atoms with Gasteiger partial charge in [0.05, 0.1) is 17.1 Å². The molecule has 2 N–H and O–H groups in total. The Hall–Kier alpha value is -3.50. The summed E-state index contributed by atoms with van der Waals surface area (Å²) in [5.41, 5.74) is -0.924. The highest BCUT2D eigenvalue weighted by Crippen LogP contribution is 2.41. The lowest BCUT2D eigenvalue weighted by Crippen LogP contribution is -2.45. The number of benzene rings is 3. The number of hydrogen-bond acceptors (Lipinski definition) is 5. The van der Waals surface area contributed by atoms with Crippen LogP contribution < -0.4 is 9.04 Å². The van der Waals surface area contributed by atoms with Crippen LogP contribution in [0.15, 0.2) is 65.6 Å². The van der Waals surface area contributed by atoms with Crippen LogP contribution in [0, 0.1) is 18.6 Å². The van der Waals surface area contributed by atoms with E-state index in [4.69, 9.17) is 4.74 Å². The second kappa shape index (κ2) is 9.51. The minimum absolute atomic E-state index is 0.0361. The Morgan fingerprint density at radius 2 is 1.89 bits per heavy atom. The van der Waals surface area contributed by atoms with Crippen LogP contribution in [0.3, 0.4) is 0 Å². The maximum absolute atomic E-state index is 14.5. The zero-order valence-corrected chi connectivity index (χ0v) is 20.4. The van der Waals surface area contributed by atoms with E-state index in [2.05, 4.69) is 0 Å². The fourth-order valence-electron chi connectivity index (χ4n) is 4.03. The molecule has 4 rings (SSSR count). The minimum atomic E-state index is -4.11. The number of sulfonamides is 1. The highest BCUT2D eigenvalue weighted by molar-refractivity contribution is 7.92. The van der Waals surface area contributed by atoms with Crippen molar-refractivity contribution in [3.8, 4) is 16.9 Å². The molecule has 0 bridgehead atoms. The topological polar surface area (TPSA) is 104 Å². The van der Waals surface area contributed by atoms with E-state index >= 15 is 0 Å². The van der Waals surface area contributed by atoms with Gasteiger partial charge in [0, 0.05) is 5.56 Å². The number of ether oxygens (including phenoxy) is 1. The zero-order chi connectivity index (χ0) is 26.3. The Morgan fingerprint density at radius 3 is 2.58 bits per heavy atom. The van der Waals surface area contributed by atoms with Gasteiger partial charge in [-0.1, -0.05) is 18.2 Å². The number of halogens is 2. The maximum atomic E-state index is 14.5. The lowest BCUT2D eigenvalue weighted by atomic mass is 9.97. The average molecular weight is 518 g/mol. The molecule has 3 aromatic rings. The van der Waals surface area contributed by atoms with Gasteiger partial charge >= 0.3 is 5.97 Å². The van der Waals surface area contributed by atoms with Crippen LogP contribution in [0.25, 0.3) is 11.1 Å². The summed E-state index contributed by atoms with van der Waals surface area (Å²) in [7, 11) is -4.11. The number of nitrogens with zero attached hydrogens (tertiary/aromatic N) is 1. The third-order valence-corrected chi connectivity index (χ3v) is 7.90. The van der Waals surface area contributed by atoms with Gasteiger partial charge < -0.3 is 14.9 Å². The van der Waals surface area contributed by atoms with Crippen molar-refractivity contribution in [3.05, 3.63) is 77.9 Å². The van der Waals surface area contributed by atoms with Crippen LogP contribution in [0.5, 0.6) is 5.75 Å². The molecule has 0 saturated heterocycles. The summed E-state index contributed by atoms with van der Waals surface area (Å²) >= 11 is 0. The molecular formula is C26H25F2NO6S. The van der Waals surface area contributed by atoms with Gasteiger partial charge in [-0.15, -0.1) is 0 Å². The van der Waals surface area contributed by atoms with E-state index in [1.807, 2.05) is 0 Å². The zero-order valence-electron chi connectivity index (χ0n) is 19.6.